The minimum Gasteiger partial charge on any atom is -0.297 e. The molecule has 0 spiro atoms. The number of hydrogen-bond donors (Lipinski definition) is 0. The smallest absolute Gasteiger partial charge is 0.180 e. The fourth-order valence-electron chi connectivity index (χ4n) is 4.32. The van der Waals surface area contributed by atoms with Crippen molar-refractivity contribution in [3.05, 3.63) is 137 Å². The number of rotatable bonds is 6. The van der Waals surface area contributed by atoms with Crippen LogP contribution >= 0.6 is 0 Å². The monoisotopic (exact) mass is 443 g/mol. The average Bonchev–Trinajstić information content (AvgIpc) is 3.18. The fraction of sp³-hybridized carbons (Fsp3) is 0.0690. The van der Waals surface area contributed by atoms with Crippen LogP contribution in [0, 0.1) is 5.92 Å². The maximum atomic E-state index is 14.1. The largest absolute Gasteiger partial charge is 0.297 e. The van der Waals surface area contributed by atoms with E-state index in [-0.39, 0.29) is 11.6 Å². The lowest BCUT2D eigenvalue weighted by molar-refractivity contribution is -0.120. The van der Waals surface area contributed by atoms with Crippen molar-refractivity contribution in [1.82, 2.24) is 4.98 Å². The number of carbonyl (C=O) groups excluding carboxylic acids is 2. The van der Waals surface area contributed by atoms with Crippen LogP contribution in [0.3, 0.4) is 0 Å². The highest BCUT2D eigenvalue weighted by Gasteiger charge is 2.44. The normalized spacial score (nSPS) is 16.3. The molecule has 3 aromatic carbocycles. The first-order valence-corrected chi connectivity index (χ1v) is 11.0. The van der Waals surface area contributed by atoms with Gasteiger partial charge in [-0.1, -0.05) is 84.9 Å². The third kappa shape index (κ3) is 4.11. The highest BCUT2D eigenvalue weighted by molar-refractivity contribution is 6.38. The molecular formula is C29H21N3O2. The van der Waals surface area contributed by atoms with E-state index in [1.54, 1.807) is 42.9 Å². The molecule has 34 heavy (non-hydrogen) atoms. The fourth-order valence-corrected chi connectivity index (χ4v) is 4.32. The van der Waals surface area contributed by atoms with Gasteiger partial charge in [-0.15, -0.1) is 0 Å². The summed E-state index contributed by atoms with van der Waals surface area (Å²) in [4.78, 5) is 31.6. The predicted molar refractivity (Wildman–Crippen MR) is 132 cm³/mol. The molecule has 0 N–H and O–H groups in total. The zero-order chi connectivity index (χ0) is 23.3. The van der Waals surface area contributed by atoms with E-state index in [1.807, 2.05) is 72.8 Å². The van der Waals surface area contributed by atoms with E-state index in [0.717, 1.165) is 16.7 Å². The van der Waals surface area contributed by atoms with Crippen LogP contribution in [0.4, 0.5) is 0 Å². The van der Waals surface area contributed by atoms with Crippen molar-refractivity contribution in [1.29, 1.82) is 0 Å². The summed E-state index contributed by atoms with van der Waals surface area (Å²) in [6.07, 6.45) is 4.92. The Bertz CT molecular complexity index is 1340. The molecule has 164 valence electrons. The topological polar surface area (TPSA) is 71.8 Å². The zero-order valence-electron chi connectivity index (χ0n) is 18.3. The van der Waals surface area contributed by atoms with Crippen molar-refractivity contribution in [3.63, 3.8) is 0 Å². The first-order chi connectivity index (χ1) is 16.7. The number of hydrogen-bond acceptors (Lipinski definition) is 5. The standard InChI is InChI=1S/C29H21N3O2/c33-28-24-14-8-7-13-23(24)27(32-31-19-20-15-17-30-18-16-20)26(28)29(34)25(21-9-3-1-4-10-21)22-11-5-2-6-12-22/h1-19,25-26H/b31-19-,32-27-/t26-/m0/s1. The molecule has 0 aliphatic heterocycles. The average molecular weight is 444 g/mol. The molecule has 0 unspecified atom stereocenters. The van der Waals surface area contributed by atoms with Gasteiger partial charge in [0.1, 0.15) is 5.92 Å². The van der Waals surface area contributed by atoms with Crippen LogP contribution in [-0.2, 0) is 4.79 Å². The molecule has 0 saturated carbocycles. The van der Waals surface area contributed by atoms with Crippen molar-refractivity contribution < 1.29 is 9.59 Å². The Morgan fingerprint density at radius 1 is 0.765 bits per heavy atom. The van der Waals surface area contributed by atoms with Gasteiger partial charge in [-0.2, -0.15) is 10.2 Å². The highest BCUT2D eigenvalue weighted by atomic mass is 16.2. The van der Waals surface area contributed by atoms with Crippen LogP contribution in [0.5, 0.6) is 0 Å². The quantitative estimate of drug-likeness (QED) is 0.236. The molecule has 1 atom stereocenters. The van der Waals surface area contributed by atoms with Crippen LogP contribution in [0.25, 0.3) is 0 Å². The molecule has 5 rings (SSSR count). The first kappa shape index (κ1) is 21.3. The summed E-state index contributed by atoms with van der Waals surface area (Å²) in [7, 11) is 0. The molecule has 0 fully saturated rings. The lowest BCUT2D eigenvalue weighted by atomic mass is 9.80. The van der Waals surface area contributed by atoms with Crippen molar-refractivity contribution in [2.45, 2.75) is 5.92 Å². The highest BCUT2D eigenvalue weighted by Crippen LogP contribution is 2.35. The molecule has 0 saturated heterocycles. The van der Waals surface area contributed by atoms with E-state index in [0.29, 0.717) is 16.8 Å². The Hall–Kier alpha value is -4.51. The van der Waals surface area contributed by atoms with Gasteiger partial charge in [-0.25, -0.2) is 0 Å². The van der Waals surface area contributed by atoms with Gasteiger partial charge >= 0.3 is 0 Å². The first-order valence-electron chi connectivity index (χ1n) is 11.0. The van der Waals surface area contributed by atoms with E-state index < -0.39 is 11.8 Å². The molecule has 1 aliphatic carbocycles. The van der Waals surface area contributed by atoms with Crippen LogP contribution in [0.2, 0.25) is 0 Å². The summed E-state index contributed by atoms with van der Waals surface area (Å²) in [6.45, 7) is 0. The second kappa shape index (κ2) is 9.55. The van der Waals surface area contributed by atoms with E-state index in [1.165, 1.54) is 0 Å². The molecule has 0 bridgehead atoms. The Morgan fingerprint density at radius 2 is 1.32 bits per heavy atom. The summed E-state index contributed by atoms with van der Waals surface area (Å²) in [5.41, 5.74) is 4.03. The Kier molecular flexibility index (Phi) is 5.99. The minimum atomic E-state index is -1.03. The van der Waals surface area contributed by atoms with E-state index in [2.05, 4.69) is 15.2 Å². The Labute approximate surface area is 197 Å². The van der Waals surface area contributed by atoms with E-state index in [4.69, 9.17) is 0 Å². The molecular weight excluding hydrogens is 422 g/mol. The van der Waals surface area contributed by atoms with Gasteiger partial charge in [0.2, 0.25) is 0 Å². The molecule has 5 nitrogen and oxygen atoms in total. The van der Waals surface area contributed by atoms with Crippen molar-refractivity contribution in [2.75, 3.05) is 0 Å². The maximum absolute atomic E-state index is 14.1. The van der Waals surface area contributed by atoms with Gasteiger partial charge in [0, 0.05) is 23.5 Å². The second-order valence-electron chi connectivity index (χ2n) is 8.01. The number of Topliss-reactive ketones (excluding diaryl/α,β-unsaturated/α-hetero) is 2. The van der Waals surface area contributed by atoms with Crippen LogP contribution in [0.15, 0.2) is 120 Å². The third-order valence-corrected chi connectivity index (χ3v) is 5.92. The van der Waals surface area contributed by atoms with Crippen LogP contribution in [0.1, 0.15) is 38.5 Å². The predicted octanol–water partition coefficient (Wildman–Crippen LogP) is 5.12. The number of nitrogens with zero attached hydrogens (tertiary/aromatic N) is 3. The lowest BCUT2D eigenvalue weighted by Crippen LogP contribution is -2.31. The van der Waals surface area contributed by atoms with Crippen molar-refractivity contribution in [3.8, 4) is 0 Å². The summed E-state index contributed by atoms with van der Waals surface area (Å²) in [5, 5.41) is 8.63. The molecule has 5 heteroatoms. The molecule has 1 aromatic heterocycles. The number of ketones is 2. The van der Waals surface area contributed by atoms with Gasteiger partial charge in [-0.05, 0) is 28.8 Å². The van der Waals surface area contributed by atoms with Crippen molar-refractivity contribution >= 4 is 23.5 Å². The third-order valence-electron chi connectivity index (χ3n) is 5.92. The molecule has 1 heterocycles. The van der Waals surface area contributed by atoms with Crippen molar-refractivity contribution in [2.24, 2.45) is 16.1 Å². The summed E-state index contributed by atoms with van der Waals surface area (Å²) in [5.74, 6) is -2.08. The zero-order valence-corrected chi connectivity index (χ0v) is 18.3. The lowest BCUT2D eigenvalue weighted by Gasteiger charge is -2.20. The van der Waals surface area contributed by atoms with E-state index >= 15 is 0 Å². The number of carbonyl (C=O) groups is 2. The molecule has 0 radical (unpaired) electrons. The Balaban J connectivity index is 1.59. The molecule has 1 aliphatic rings. The van der Waals surface area contributed by atoms with Gasteiger partial charge in [0.15, 0.2) is 11.6 Å². The molecule has 4 aromatic rings. The second-order valence-corrected chi connectivity index (χ2v) is 8.01. The van der Waals surface area contributed by atoms with Gasteiger partial charge in [0.05, 0.1) is 17.8 Å². The number of benzene rings is 3. The summed E-state index contributed by atoms with van der Waals surface area (Å²) >= 11 is 0. The number of aromatic nitrogens is 1. The Morgan fingerprint density at radius 3 is 1.94 bits per heavy atom. The summed E-state index contributed by atoms with van der Waals surface area (Å²) < 4.78 is 0. The van der Waals surface area contributed by atoms with Crippen LogP contribution < -0.4 is 0 Å². The minimum absolute atomic E-state index is 0.212. The summed E-state index contributed by atoms with van der Waals surface area (Å²) in [6, 6.07) is 29.9. The maximum Gasteiger partial charge on any atom is 0.180 e. The van der Waals surface area contributed by atoms with Gasteiger partial charge in [0.25, 0.3) is 0 Å². The van der Waals surface area contributed by atoms with Gasteiger partial charge in [-0.3, -0.25) is 14.6 Å². The van der Waals surface area contributed by atoms with E-state index in [9.17, 15) is 9.59 Å². The number of pyridine rings is 1. The molecule has 0 amide bonds. The van der Waals surface area contributed by atoms with Crippen LogP contribution in [-0.4, -0.2) is 28.5 Å². The number of fused-ring (bicyclic) bond motifs is 1. The SMILES string of the molecule is O=C1c2ccccc2/C(=N/N=C\c2ccncc2)[C@@H]1C(=O)C(c1ccccc1)c1ccccc1. The van der Waals surface area contributed by atoms with Gasteiger partial charge < -0.3 is 0 Å².